The number of alkyl halides is 3. The first-order chi connectivity index (χ1) is 11.3. The van der Waals surface area contributed by atoms with Crippen LogP contribution in [0.15, 0.2) is 48.7 Å². The molecule has 1 fully saturated rings. The van der Waals surface area contributed by atoms with E-state index in [1.165, 1.54) is 24.4 Å². The molecule has 0 bridgehead atoms. The highest BCUT2D eigenvalue weighted by molar-refractivity contribution is 5.39. The van der Waals surface area contributed by atoms with Crippen molar-refractivity contribution in [3.8, 4) is 5.75 Å². The fraction of sp³-hybridized carbons (Fsp3) is 0.353. The molecule has 7 heteroatoms. The number of halogens is 3. The predicted molar refractivity (Wildman–Crippen MR) is 79.2 cm³/mol. The fourth-order valence-electron chi connectivity index (χ4n) is 3.22. The Morgan fingerprint density at radius 1 is 1.17 bits per heavy atom. The maximum Gasteiger partial charge on any atom is 0.573 e. The Kier molecular flexibility index (Phi) is 4.23. The number of ether oxygens (including phenoxy) is 1. The van der Waals surface area contributed by atoms with E-state index in [1.807, 2.05) is 0 Å². The lowest BCUT2D eigenvalue weighted by atomic mass is 9.59. The van der Waals surface area contributed by atoms with Gasteiger partial charge in [0, 0.05) is 11.6 Å². The molecule has 1 saturated carbocycles. The van der Waals surface area contributed by atoms with Crippen LogP contribution in [0.2, 0.25) is 0 Å². The molecule has 0 amide bonds. The summed E-state index contributed by atoms with van der Waals surface area (Å²) in [6.07, 6.45) is -4.44. The summed E-state index contributed by atoms with van der Waals surface area (Å²) >= 11 is 0. The lowest BCUT2D eigenvalue weighted by molar-refractivity contribution is -0.274. The van der Waals surface area contributed by atoms with E-state index in [1.54, 1.807) is 24.3 Å². The van der Waals surface area contributed by atoms with Gasteiger partial charge in [0.1, 0.15) is 11.9 Å². The molecule has 24 heavy (non-hydrogen) atoms. The van der Waals surface area contributed by atoms with Crippen molar-refractivity contribution >= 4 is 0 Å². The van der Waals surface area contributed by atoms with Crippen molar-refractivity contribution in [1.29, 1.82) is 0 Å². The molecule has 0 aliphatic heterocycles. The van der Waals surface area contributed by atoms with Gasteiger partial charge in [0.2, 0.25) is 0 Å². The molecule has 2 aromatic rings. The van der Waals surface area contributed by atoms with Gasteiger partial charge in [-0.15, -0.1) is 13.2 Å². The second-order valence-corrected chi connectivity index (χ2v) is 5.95. The second kappa shape index (κ2) is 6.07. The number of nitrogens with zero attached hydrogens (tertiary/aromatic N) is 1. The molecule has 1 aliphatic carbocycles. The summed E-state index contributed by atoms with van der Waals surface area (Å²) in [5.74, 6) is -0.353. The Morgan fingerprint density at radius 2 is 1.92 bits per heavy atom. The molecule has 0 spiro atoms. The second-order valence-electron chi connectivity index (χ2n) is 5.95. The van der Waals surface area contributed by atoms with E-state index in [0.717, 1.165) is 0 Å². The molecule has 1 atom stereocenters. The summed E-state index contributed by atoms with van der Waals surface area (Å²) in [6, 6.07) is 10.6. The fourth-order valence-corrected chi connectivity index (χ4v) is 3.22. The SMILES string of the molecule is O[C@H](c1ccccn1)[C@]1(c2cccc(OC(F)(F)F)c2)C[C@H](O)C1. The smallest absolute Gasteiger partial charge is 0.406 e. The van der Waals surface area contributed by atoms with E-state index < -0.39 is 24.0 Å². The van der Waals surface area contributed by atoms with Crippen LogP contribution in [-0.2, 0) is 5.41 Å². The van der Waals surface area contributed by atoms with Crippen molar-refractivity contribution in [2.45, 2.75) is 36.8 Å². The van der Waals surface area contributed by atoms with Crippen LogP contribution in [0, 0.1) is 0 Å². The standard InChI is InChI=1S/C17H16F3NO3/c18-17(19,20)24-13-5-3-4-11(8-13)16(9-12(22)10-16)15(23)14-6-1-2-7-21-14/h1-8,12,15,22-23H,9-10H2/t12-,15-,16+/m1/s1. The van der Waals surface area contributed by atoms with E-state index in [4.69, 9.17) is 0 Å². The Hall–Kier alpha value is -2.12. The molecular weight excluding hydrogens is 323 g/mol. The van der Waals surface area contributed by atoms with E-state index in [9.17, 15) is 23.4 Å². The van der Waals surface area contributed by atoms with Crippen LogP contribution in [0.4, 0.5) is 13.2 Å². The van der Waals surface area contributed by atoms with Crippen molar-refractivity contribution in [1.82, 2.24) is 4.98 Å². The Bertz CT molecular complexity index is 700. The summed E-state index contributed by atoms with van der Waals surface area (Å²) in [5, 5.41) is 20.5. The molecule has 2 N–H and O–H groups in total. The van der Waals surface area contributed by atoms with E-state index in [-0.39, 0.29) is 18.6 Å². The topological polar surface area (TPSA) is 62.6 Å². The van der Waals surface area contributed by atoms with Crippen molar-refractivity contribution in [2.75, 3.05) is 0 Å². The summed E-state index contributed by atoms with van der Waals surface area (Å²) < 4.78 is 41.2. The van der Waals surface area contributed by atoms with Crippen LogP contribution < -0.4 is 4.74 Å². The summed E-state index contributed by atoms with van der Waals surface area (Å²) in [5.41, 5.74) is -0.00195. The minimum absolute atomic E-state index is 0.236. The average molecular weight is 339 g/mol. The number of aromatic nitrogens is 1. The van der Waals surface area contributed by atoms with Gasteiger partial charge in [-0.05, 0) is 42.7 Å². The van der Waals surface area contributed by atoms with Crippen molar-refractivity contribution in [3.63, 3.8) is 0 Å². The normalized spacial score (nSPS) is 25.0. The highest BCUT2D eigenvalue weighted by Gasteiger charge is 2.51. The molecule has 0 unspecified atom stereocenters. The molecule has 4 nitrogen and oxygen atoms in total. The third-order valence-corrected chi connectivity index (χ3v) is 4.33. The molecule has 1 aliphatic rings. The first-order valence-electron chi connectivity index (χ1n) is 7.43. The number of pyridine rings is 1. The van der Waals surface area contributed by atoms with Crippen LogP contribution in [0.3, 0.4) is 0 Å². The minimum atomic E-state index is -4.79. The van der Waals surface area contributed by atoms with E-state index >= 15 is 0 Å². The maximum absolute atomic E-state index is 12.4. The summed E-state index contributed by atoms with van der Waals surface area (Å²) in [4.78, 5) is 4.12. The molecule has 128 valence electrons. The third-order valence-electron chi connectivity index (χ3n) is 4.33. The monoisotopic (exact) mass is 339 g/mol. The van der Waals surface area contributed by atoms with Crippen LogP contribution in [0.1, 0.15) is 30.2 Å². The average Bonchev–Trinajstić information content (AvgIpc) is 2.50. The first-order valence-corrected chi connectivity index (χ1v) is 7.43. The molecule has 3 rings (SSSR count). The van der Waals surface area contributed by atoms with Gasteiger partial charge in [0.15, 0.2) is 0 Å². The van der Waals surface area contributed by atoms with Gasteiger partial charge in [0.25, 0.3) is 0 Å². The van der Waals surface area contributed by atoms with Gasteiger partial charge in [-0.3, -0.25) is 4.98 Å². The Balaban J connectivity index is 1.95. The van der Waals surface area contributed by atoms with Gasteiger partial charge in [0.05, 0.1) is 11.8 Å². The van der Waals surface area contributed by atoms with E-state index in [0.29, 0.717) is 11.3 Å². The molecule has 0 radical (unpaired) electrons. The van der Waals surface area contributed by atoms with Crippen LogP contribution in [-0.4, -0.2) is 27.7 Å². The number of rotatable bonds is 4. The maximum atomic E-state index is 12.4. The zero-order valence-corrected chi connectivity index (χ0v) is 12.6. The van der Waals surface area contributed by atoms with Crippen LogP contribution >= 0.6 is 0 Å². The zero-order chi connectivity index (χ0) is 17.4. The highest BCUT2D eigenvalue weighted by atomic mass is 19.4. The van der Waals surface area contributed by atoms with Crippen molar-refractivity contribution < 1.29 is 28.1 Å². The molecular formula is C17H16F3NO3. The van der Waals surface area contributed by atoms with Crippen molar-refractivity contribution in [2.24, 2.45) is 0 Å². The first kappa shape index (κ1) is 16.7. The van der Waals surface area contributed by atoms with Crippen LogP contribution in [0.25, 0.3) is 0 Å². The van der Waals surface area contributed by atoms with Crippen molar-refractivity contribution in [3.05, 3.63) is 59.9 Å². The molecule has 0 saturated heterocycles. The number of aliphatic hydroxyl groups is 2. The number of benzene rings is 1. The minimum Gasteiger partial charge on any atom is -0.406 e. The summed E-state index contributed by atoms with van der Waals surface area (Å²) in [6.45, 7) is 0. The third kappa shape index (κ3) is 3.22. The molecule has 1 heterocycles. The lowest BCUT2D eigenvalue weighted by Gasteiger charge is -2.48. The van der Waals surface area contributed by atoms with Gasteiger partial charge in [-0.25, -0.2) is 0 Å². The lowest BCUT2D eigenvalue weighted by Crippen LogP contribution is -2.49. The predicted octanol–water partition coefficient (Wildman–Crippen LogP) is 3.11. The quantitative estimate of drug-likeness (QED) is 0.898. The van der Waals surface area contributed by atoms with Crippen LogP contribution in [0.5, 0.6) is 5.75 Å². The largest absolute Gasteiger partial charge is 0.573 e. The number of hydrogen-bond donors (Lipinski definition) is 2. The van der Waals surface area contributed by atoms with Gasteiger partial charge in [-0.1, -0.05) is 18.2 Å². The number of aliphatic hydroxyl groups excluding tert-OH is 2. The van der Waals surface area contributed by atoms with E-state index in [2.05, 4.69) is 9.72 Å². The Labute approximate surface area is 136 Å². The summed E-state index contributed by atoms with van der Waals surface area (Å²) in [7, 11) is 0. The van der Waals surface area contributed by atoms with Gasteiger partial charge < -0.3 is 14.9 Å². The number of hydrogen-bond acceptors (Lipinski definition) is 4. The Morgan fingerprint density at radius 3 is 2.50 bits per heavy atom. The molecule has 1 aromatic carbocycles. The molecule has 1 aromatic heterocycles. The zero-order valence-electron chi connectivity index (χ0n) is 12.6. The van der Waals surface area contributed by atoms with Gasteiger partial charge in [-0.2, -0.15) is 0 Å². The van der Waals surface area contributed by atoms with Gasteiger partial charge >= 0.3 is 6.36 Å². The highest BCUT2D eigenvalue weighted by Crippen LogP contribution is 2.52.